The van der Waals surface area contributed by atoms with Crippen LogP contribution >= 0.6 is 0 Å². The van der Waals surface area contributed by atoms with Crippen molar-refractivity contribution in [2.24, 2.45) is 5.92 Å². The van der Waals surface area contributed by atoms with Crippen LogP contribution in [0.25, 0.3) is 5.57 Å². The smallest absolute Gasteiger partial charge is 0.277 e. The molecule has 1 heterocycles. The van der Waals surface area contributed by atoms with Gasteiger partial charge in [0.05, 0.1) is 12.2 Å². The predicted octanol–water partition coefficient (Wildman–Crippen LogP) is 4.84. The molecule has 2 amide bonds. The van der Waals surface area contributed by atoms with Gasteiger partial charge in [-0.1, -0.05) is 58.9 Å². The number of carbonyl (C=O) groups is 2. The SMILES string of the molecule is CC(C)COc1ccc(C2=C(Nc3ccc(C(C)(C)C)cc3)C(=O)N(C)C2=O)cc1. The quantitative estimate of drug-likeness (QED) is 0.698. The lowest BCUT2D eigenvalue weighted by atomic mass is 9.87. The van der Waals surface area contributed by atoms with Crippen molar-refractivity contribution in [3.63, 3.8) is 0 Å². The van der Waals surface area contributed by atoms with Crippen molar-refractivity contribution in [3.8, 4) is 5.75 Å². The third-order valence-electron chi connectivity index (χ3n) is 5.03. The van der Waals surface area contributed by atoms with Gasteiger partial charge in [-0.05, 0) is 46.7 Å². The first-order valence-corrected chi connectivity index (χ1v) is 10.3. The summed E-state index contributed by atoms with van der Waals surface area (Å²) in [5.41, 5.74) is 3.36. The minimum atomic E-state index is -0.338. The first-order valence-electron chi connectivity index (χ1n) is 10.3. The summed E-state index contributed by atoms with van der Waals surface area (Å²) in [5, 5.41) is 3.17. The predicted molar refractivity (Wildman–Crippen MR) is 120 cm³/mol. The maximum atomic E-state index is 12.8. The van der Waals surface area contributed by atoms with E-state index in [-0.39, 0.29) is 17.2 Å². The van der Waals surface area contributed by atoms with Crippen LogP contribution in [0.1, 0.15) is 45.7 Å². The summed E-state index contributed by atoms with van der Waals surface area (Å²) in [7, 11) is 1.50. The Bertz CT molecular complexity index is 965. The van der Waals surface area contributed by atoms with Crippen molar-refractivity contribution in [1.29, 1.82) is 0 Å². The number of carbonyl (C=O) groups excluding carboxylic acids is 2. The van der Waals surface area contributed by atoms with Crippen molar-refractivity contribution in [1.82, 2.24) is 4.90 Å². The molecule has 1 aliphatic rings. The fourth-order valence-corrected chi connectivity index (χ4v) is 3.20. The first kappa shape index (κ1) is 21.6. The molecular formula is C25H30N2O3. The number of rotatable bonds is 6. The Labute approximate surface area is 178 Å². The van der Waals surface area contributed by atoms with E-state index in [1.54, 1.807) is 0 Å². The lowest BCUT2D eigenvalue weighted by Crippen LogP contribution is -2.27. The molecule has 1 aliphatic heterocycles. The number of nitrogens with one attached hydrogen (secondary N) is 1. The van der Waals surface area contributed by atoms with Crippen molar-refractivity contribution < 1.29 is 14.3 Å². The van der Waals surface area contributed by atoms with E-state index in [0.29, 0.717) is 29.4 Å². The first-order chi connectivity index (χ1) is 14.1. The summed E-state index contributed by atoms with van der Waals surface area (Å²) < 4.78 is 5.72. The third kappa shape index (κ3) is 4.56. The highest BCUT2D eigenvalue weighted by molar-refractivity contribution is 6.36. The molecule has 0 fully saturated rings. The van der Waals surface area contributed by atoms with Gasteiger partial charge in [0.1, 0.15) is 11.4 Å². The molecule has 0 spiro atoms. The van der Waals surface area contributed by atoms with E-state index in [0.717, 1.165) is 16.3 Å². The monoisotopic (exact) mass is 406 g/mol. The largest absolute Gasteiger partial charge is 0.493 e. The van der Waals surface area contributed by atoms with E-state index in [2.05, 4.69) is 39.9 Å². The number of hydrogen-bond acceptors (Lipinski definition) is 4. The van der Waals surface area contributed by atoms with Crippen LogP contribution in [-0.4, -0.2) is 30.4 Å². The molecule has 0 atom stereocenters. The van der Waals surface area contributed by atoms with E-state index < -0.39 is 0 Å². The number of likely N-dealkylation sites (N-methyl/N-ethyl adjacent to an activating group) is 1. The van der Waals surface area contributed by atoms with Crippen LogP contribution in [0, 0.1) is 5.92 Å². The molecule has 1 N–H and O–H groups in total. The molecule has 5 nitrogen and oxygen atoms in total. The highest BCUT2D eigenvalue weighted by Crippen LogP contribution is 2.31. The van der Waals surface area contributed by atoms with Gasteiger partial charge in [-0.15, -0.1) is 0 Å². The molecule has 0 aliphatic carbocycles. The fraction of sp³-hybridized carbons (Fsp3) is 0.360. The zero-order valence-corrected chi connectivity index (χ0v) is 18.6. The van der Waals surface area contributed by atoms with E-state index in [1.165, 1.54) is 12.6 Å². The summed E-state index contributed by atoms with van der Waals surface area (Å²) in [6, 6.07) is 15.2. The third-order valence-corrected chi connectivity index (χ3v) is 5.03. The summed E-state index contributed by atoms with van der Waals surface area (Å²) in [6.07, 6.45) is 0. The lowest BCUT2D eigenvalue weighted by Gasteiger charge is -2.19. The van der Waals surface area contributed by atoms with Crippen molar-refractivity contribution in [2.75, 3.05) is 19.0 Å². The second-order valence-corrected chi connectivity index (χ2v) is 9.10. The average molecular weight is 407 g/mol. The topological polar surface area (TPSA) is 58.6 Å². The normalized spacial score (nSPS) is 14.7. The molecule has 0 unspecified atom stereocenters. The average Bonchev–Trinajstić information content (AvgIpc) is 2.90. The summed E-state index contributed by atoms with van der Waals surface area (Å²) in [6.45, 7) is 11.3. The van der Waals surface area contributed by atoms with E-state index in [4.69, 9.17) is 4.74 Å². The Balaban J connectivity index is 1.91. The molecule has 158 valence electrons. The fourth-order valence-electron chi connectivity index (χ4n) is 3.20. The Morgan fingerprint density at radius 3 is 2.07 bits per heavy atom. The minimum absolute atomic E-state index is 0.0434. The number of benzene rings is 2. The van der Waals surface area contributed by atoms with Gasteiger partial charge in [0.15, 0.2) is 0 Å². The van der Waals surface area contributed by atoms with Crippen molar-refractivity contribution in [3.05, 3.63) is 65.4 Å². The van der Waals surface area contributed by atoms with Gasteiger partial charge >= 0.3 is 0 Å². The molecule has 5 heteroatoms. The van der Waals surface area contributed by atoms with Crippen LogP contribution in [0.2, 0.25) is 0 Å². The molecule has 0 aromatic heterocycles. The second kappa shape index (κ2) is 8.34. The molecule has 3 rings (SSSR count). The molecule has 2 aromatic rings. The molecule has 0 bridgehead atoms. The maximum absolute atomic E-state index is 12.8. The summed E-state index contributed by atoms with van der Waals surface area (Å²) >= 11 is 0. The number of ether oxygens (including phenoxy) is 1. The van der Waals surface area contributed by atoms with Crippen LogP contribution < -0.4 is 10.1 Å². The van der Waals surface area contributed by atoms with Crippen LogP contribution in [0.3, 0.4) is 0 Å². The van der Waals surface area contributed by atoms with E-state index in [1.807, 2.05) is 48.5 Å². The molecule has 2 aromatic carbocycles. The van der Waals surface area contributed by atoms with Gasteiger partial charge in [-0.25, -0.2) is 0 Å². The number of imide groups is 1. The van der Waals surface area contributed by atoms with Crippen LogP contribution in [0.4, 0.5) is 5.69 Å². The van der Waals surface area contributed by atoms with E-state index in [9.17, 15) is 9.59 Å². The molecule has 0 saturated carbocycles. The molecule has 30 heavy (non-hydrogen) atoms. The van der Waals surface area contributed by atoms with E-state index >= 15 is 0 Å². The standard InChI is InChI=1S/C25H30N2O3/c1-16(2)15-30-20-13-7-17(8-14-20)21-22(24(29)27(6)23(21)28)26-19-11-9-18(10-12-19)25(3,4)5/h7-14,16,26H,15H2,1-6H3. The lowest BCUT2D eigenvalue weighted by molar-refractivity contribution is -0.135. The highest BCUT2D eigenvalue weighted by atomic mass is 16.5. The molecular weight excluding hydrogens is 376 g/mol. The van der Waals surface area contributed by atoms with Crippen LogP contribution in [0.15, 0.2) is 54.2 Å². The summed E-state index contributed by atoms with van der Waals surface area (Å²) in [4.78, 5) is 26.7. The van der Waals surface area contributed by atoms with Gasteiger partial charge < -0.3 is 10.1 Å². The summed E-state index contributed by atoms with van der Waals surface area (Å²) in [5.74, 6) is 0.515. The Morgan fingerprint density at radius 2 is 1.53 bits per heavy atom. The zero-order valence-electron chi connectivity index (χ0n) is 18.6. The molecule has 0 saturated heterocycles. The van der Waals surface area contributed by atoms with Gasteiger partial charge in [0.25, 0.3) is 11.8 Å². The zero-order chi connectivity index (χ0) is 22.1. The second-order valence-electron chi connectivity index (χ2n) is 9.10. The van der Waals surface area contributed by atoms with Crippen molar-refractivity contribution in [2.45, 2.75) is 40.0 Å². The Morgan fingerprint density at radius 1 is 0.933 bits per heavy atom. The maximum Gasteiger partial charge on any atom is 0.277 e. The number of amides is 2. The highest BCUT2D eigenvalue weighted by Gasteiger charge is 2.36. The number of anilines is 1. The van der Waals surface area contributed by atoms with Gasteiger partial charge in [-0.3, -0.25) is 14.5 Å². The Kier molecular flexibility index (Phi) is 6.01. The van der Waals surface area contributed by atoms with Gasteiger partial charge in [-0.2, -0.15) is 0 Å². The molecule has 0 radical (unpaired) electrons. The van der Waals surface area contributed by atoms with Crippen LogP contribution in [-0.2, 0) is 15.0 Å². The van der Waals surface area contributed by atoms with Crippen molar-refractivity contribution >= 4 is 23.1 Å². The van der Waals surface area contributed by atoms with Gasteiger partial charge in [0.2, 0.25) is 0 Å². The minimum Gasteiger partial charge on any atom is -0.493 e. The number of hydrogen-bond donors (Lipinski definition) is 1. The van der Waals surface area contributed by atoms with Gasteiger partial charge in [0, 0.05) is 12.7 Å². The number of nitrogens with zero attached hydrogens (tertiary/aromatic N) is 1. The Hall–Kier alpha value is -3.08. The van der Waals surface area contributed by atoms with Crippen LogP contribution in [0.5, 0.6) is 5.75 Å².